The van der Waals surface area contributed by atoms with Crippen LogP contribution in [-0.2, 0) is 11.8 Å². The highest BCUT2D eigenvalue weighted by atomic mass is 16.5. The normalized spacial score (nSPS) is 13.8. The summed E-state index contributed by atoms with van der Waals surface area (Å²) in [6.45, 7) is 5.28. The lowest BCUT2D eigenvalue weighted by atomic mass is 10.1. The van der Waals surface area contributed by atoms with Gasteiger partial charge in [-0.3, -0.25) is 9.48 Å². The topological polar surface area (TPSA) is 97.2 Å². The molecule has 1 fully saturated rings. The van der Waals surface area contributed by atoms with Gasteiger partial charge in [-0.15, -0.1) is 0 Å². The molecule has 0 unspecified atom stereocenters. The van der Waals surface area contributed by atoms with Crippen molar-refractivity contribution in [1.82, 2.24) is 25.1 Å². The van der Waals surface area contributed by atoms with Gasteiger partial charge in [0.15, 0.2) is 0 Å². The monoisotopic (exact) mass is 457 g/mol. The number of benzene rings is 2. The first-order valence-corrected chi connectivity index (χ1v) is 11.4. The maximum absolute atomic E-state index is 12.1. The summed E-state index contributed by atoms with van der Waals surface area (Å²) in [5.74, 6) is 1.26. The van der Waals surface area contributed by atoms with Crippen LogP contribution in [0.3, 0.4) is 0 Å². The van der Waals surface area contributed by atoms with Crippen molar-refractivity contribution in [1.29, 1.82) is 0 Å². The smallest absolute Gasteiger partial charge is 0.251 e. The minimum Gasteiger partial charge on any atom is -0.378 e. The van der Waals surface area contributed by atoms with Crippen molar-refractivity contribution >= 4 is 34.3 Å². The van der Waals surface area contributed by atoms with E-state index in [1.165, 1.54) is 0 Å². The van der Waals surface area contributed by atoms with Crippen molar-refractivity contribution < 1.29 is 9.53 Å². The van der Waals surface area contributed by atoms with Crippen LogP contribution in [-0.4, -0.2) is 58.5 Å². The molecule has 9 nitrogen and oxygen atoms in total. The molecule has 2 N–H and O–H groups in total. The van der Waals surface area contributed by atoms with Crippen LogP contribution in [0, 0.1) is 0 Å². The van der Waals surface area contributed by atoms with Gasteiger partial charge in [0.25, 0.3) is 5.91 Å². The third kappa shape index (κ3) is 4.55. The van der Waals surface area contributed by atoms with Gasteiger partial charge in [-0.25, -0.2) is 4.98 Å². The molecule has 1 amide bonds. The number of carbonyl (C=O) groups is 1. The van der Waals surface area contributed by atoms with Crippen molar-refractivity contribution in [3.05, 3.63) is 60.3 Å². The zero-order valence-electron chi connectivity index (χ0n) is 19.3. The van der Waals surface area contributed by atoms with Crippen LogP contribution in [0.4, 0.5) is 17.5 Å². The number of rotatable bonds is 6. The van der Waals surface area contributed by atoms with Gasteiger partial charge in [0.05, 0.1) is 30.6 Å². The number of morpholine rings is 1. The molecule has 1 aliphatic heterocycles. The number of aryl methyl sites for hydroxylation is 1. The van der Waals surface area contributed by atoms with Crippen LogP contribution in [0.5, 0.6) is 0 Å². The molecule has 0 radical (unpaired) electrons. The molecule has 2 aromatic carbocycles. The van der Waals surface area contributed by atoms with E-state index in [0.717, 1.165) is 40.9 Å². The molecule has 174 valence electrons. The van der Waals surface area contributed by atoms with E-state index in [4.69, 9.17) is 14.7 Å². The molecule has 0 bridgehead atoms. The number of nitrogens with zero attached hydrogens (tertiary/aromatic N) is 5. The maximum atomic E-state index is 12.1. The first-order valence-electron chi connectivity index (χ1n) is 11.4. The van der Waals surface area contributed by atoms with Gasteiger partial charge in [0, 0.05) is 54.9 Å². The van der Waals surface area contributed by atoms with E-state index in [9.17, 15) is 4.79 Å². The summed E-state index contributed by atoms with van der Waals surface area (Å²) >= 11 is 0. The summed E-state index contributed by atoms with van der Waals surface area (Å²) in [7, 11) is 1.93. The third-order valence-electron chi connectivity index (χ3n) is 5.81. The number of aromatic nitrogens is 4. The SMILES string of the molecule is CCNC(=O)c1ccc(Nc2cc(-c3ccc4cnn(C)c4c3)nc(N3CCOCC3)n2)cc1. The van der Waals surface area contributed by atoms with Crippen molar-refractivity contribution in [2.75, 3.05) is 43.1 Å². The van der Waals surface area contributed by atoms with Gasteiger partial charge in [0.2, 0.25) is 5.95 Å². The van der Waals surface area contributed by atoms with Crippen molar-refractivity contribution in [2.24, 2.45) is 7.05 Å². The first kappa shape index (κ1) is 21.8. The molecule has 1 saturated heterocycles. The first-order chi connectivity index (χ1) is 16.6. The summed E-state index contributed by atoms with van der Waals surface area (Å²) in [4.78, 5) is 23.9. The van der Waals surface area contributed by atoms with Gasteiger partial charge >= 0.3 is 0 Å². The predicted molar refractivity (Wildman–Crippen MR) is 133 cm³/mol. The number of nitrogens with one attached hydrogen (secondary N) is 2. The summed E-state index contributed by atoms with van der Waals surface area (Å²) < 4.78 is 7.37. The van der Waals surface area contributed by atoms with Gasteiger partial charge in [-0.1, -0.05) is 12.1 Å². The molecule has 5 rings (SSSR count). The molecule has 34 heavy (non-hydrogen) atoms. The number of hydrogen-bond donors (Lipinski definition) is 2. The number of hydrogen-bond acceptors (Lipinski definition) is 7. The van der Waals surface area contributed by atoms with Gasteiger partial charge in [0.1, 0.15) is 5.82 Å². The van der Waals surface area contributed by atoms with Gasteiger partial charge in [-0.05, 0) is 37.3 Å². The summed E-state index contributed by atoms with van der Waals surface area (Å²) in [5, 5.41) is 11.6. The van der Waals surface area contributed by atoms with Crippen LogP contribution in [0.1, 0.15) is 17.3 Å². The minimum absolute atomic E-state index is 0.0847. The lowest BCUT2D eigenvalue weighted by Crippen LogP contribution is -2.37. The largest absolute Gasteiger partial charge is 0.378 e. The highest BCUT2D eigenvalue weighted by Gasteiger charge is 2.17. The van der Waals surface area contributed by atoms with Crippen LogP contribution < -0.4 is 15.5 Å². The Morgan fingerprint density at radius 3 is 2.62 bits per heavy atom. The second-order valence-electron chi connectivity index (χ2n) is 8.14. The van der Waals surface area contributed by atoms with Crippen LogP contribution >= 0.6 is 0 Å². The van der Waals surface area contributed by atoms with Crippen molar-refractivity contribution in [3.63, 3.8) is 0 Å². The Morgan fingerprint density at radius 2 is 1.85 bits per heavy atom. The van der Waals surface area contributed by atoms with E-state index in [0.29, 0.717) is 37.1 Å². The fourth-order valence-electron chi connectivity index (χ4n) is 3.97. The van der Waals surface area contributed by atoms with E-state index in [2.05, 4.69) is 38.8 Å². The fourth-order valence-corrected chi connectivity index (χ4v) is 3.97. The van der Waals surface area contributed by atoms with E-state index in [-0.39, 0.29) is 5.91 Å². The quantitative estimate of drug-likeness (QED) is 0.458. The fraction of sp³-hybridized carbons (Fsp3) is 0.280. The van der Waals surface area contributed by atoms with Crippen LogP contribution in [0.2, 0.25) is 0 Å². The number of anilines is 3. The Balaban J connectivity index is 1.49. The van der Waals surface area contributed by atoms with E-state index < -0.39 is 0 Å². The molecular weight excluding hydrogens is 430 g/mol. The van der Waals surface area contributed by atoms with E-state index in [1.807, 2.05) is 43.0 Å². The van der Waals surface area contributed by atoms with Crippen LogP contribution in [0.25, 0.3) is 22.2 Å². The minimum atomic E-state index is -0.0847. The van der Waals surface area contributed by atoms with E-state index >= 15 is 0 Å². The van der Waals surface area contributed by atoms with E-state index in [1.54, 1.807) is 12.1 Å². The van der Waals surface area contributed by atoms with Crippen LogP contribution in [0.15, 0.2) is 54.7 Å². The highest BCUT2D eigenvalue weighted by Crippen LogP contribution is 2.28. The number of ether oxygens (including phenoxy) is 1. The molecule has 0 aliphatic carbocycles. The summed E-state index contributed by atoms with van der Waals surface area (Å²) in [6, 6.07) is 15.5. The predicted octanol–water partition coefficient (Wildman–Crippen LogP) is 3.36. The molecule has 0 saturated carbocycles. The molecule has 9 heteroatoms. The van der Waals surface area contributed by atoms with Gasteiger partial charge < -0.3 is 20.3 Å². The molecule has 0 spiro atoms. The second kappa shape index (κ2) is 9.48. The number of fused-ring (bicyclic) bond motifs is 1. The Kier molecular flexibility index (Phi) is 6.09. The van der Waals surface area contributed by atoms with Crippen molar-refractivity contribution in [3.8, 4) is 11.3 Å². The lowest BCUT2D eigenvalue weighted by molar-refractivity contribution is 0.0956. The lowest BCUT2D eigenvalue weighted by Gasteiger charge is -2.27. The summed E-state index contributed by atoms with van der Waals surface area (Å²) in [6.07, 6.45) is 1.86. The number of amides is 1. The average molecular weight is 458 g/mol. The Morgan fingerprint density at radius 1 is 1.06 bits per heavy atom. The summed E-state index contributed by atoms with van der Waals surface area (Å²) in [5.41, 5.74) is 4.31. The maximum Gasteiger partial charge on any atom is 0.251 e. The molecule has 4 aromatic rings. The standard InChI is InChI=1S/C25H27N7O2/c1-3-26-24(33)17-6-8-20(9-7-17)28-23-15-21(29-25(30-23)32-10-12-34-13-11-32)18-4-5-19-16-27-31(2)22(19)14-18/h4-9,14-16H,3,10-13H2,1-2H3,(H,26,33)(H,28,29,30). The Bertz CT molecular complexity index is 1310. The Hall–Kier alpha value is -3.98. The average Bonchev–Trinajstić information content (AvgIpc) is 3.25. The third-order valence-corrected chi connectivity index (χ3v) is 5.81. The molecule has 2 aromatic heterocycles. The second-order valence-corrected chi connectivity index (χ2v) is 8.14. The zero-order chi connectivity index (χ0) is 23.5. The zero-order valence-corrected chi connectivity index (χ0v) is 19.3. The molecule has 0 atom stereocenters. The molecule has 3 heterocycles. The van der Waals surface area contributed by atoms with Gasteiger partial charge in [-0.2, -0.15) is 10.1 Å². The molecular formula is C25H27N7O2. The highest BCUT2D eigenvalue weighted by molar-refractivity contribution is 5.94. The number of carbonyl (C=O) groups excluding carboxylic acids is 1. The molecule has 1 aliphatic rings. The Labute approximate surface area is 197 Å². The van der Waals surface area contributed by atoms with Crippen molar-refractivity contribution in [2.45, 2.75) is 6.92 Å².